The molecule has 4 nitrogen and oxygen atoms in total. The molecule has 1 aromatic heterocycles. The Kier molecular flexibility index (Phi) is 3.74. The molecule has 1 fully saturated rings. The molecule has 92 valence electrons. The number of rotatable bonds is 2. The van der Waals surface area contributed by atoms with E-state index in [0.717, 1.165) is 25.1 Å². The molecule has 2 atom stereocenters. The average molecular weight is 233 g/mol. The normalized spacial score (nSPS) is 24.4. The number of hydrogen-bond acceptors (Lipinski definition) is 3. The average Bonchev–Trinajstić information content (AvgIpc) is 2.32. The molecule has 2 N–H and O–H groups in total. The maximum atomic E-state index is 12.0. The van der Waals surface area contributed by atoms with Gasteiger partial charge in [-0.15, -0.1) is 0 Å². The lowest BCUT2D eigenvalue weighted by molar-refractivity contribution is 0.0919. The van der Waals surface area contributed by atoms with Crippen LogP contribution in [0.3, 0.4) is 0 Å². The van der Waals surface area contributed by atoms with Gasteiger partial charge in [-0.3, -0.25) is 9.78 Å². The van der Waals surface area contributed by atoms with E-state index in [0.29, 0.717) is 11.6 Å². The van der Waals surface area contributed by atoms with Crippen molar-refractivity contribution in [3.63, 3.8) is 0 Å². The van der Waals surface area contributed by atoms with Gasteiger partial charge in [0, 0.05) is 29.5 Å². The molecule has 2 heterocycles. The number of nitrogens with zero attached hydrogens (tertiary/aromatic N) is 1. The molecule has 2 rings (SSSR count). The molecule has 4 heteroatoms. The molecular weight excluding hydrogens is 214 g/mol. The SMILES string of the molecule is Cc1cc(C(=O)NC2CCCNC2C)ccn1. The lowest BCUT2D eigenvalue weighted by atomic mass is 9.99. The second-order valence-corrected chi connectivity index (χ2v) is 4.65. The summed E-state index contributed by atoms with van der Waals surface area (Å²) in [7, 11) is 0. The van der Waals surface area contributed by atoms with Crippen molar-refractivity contribution < 1.29 is 4.79 Å². The highest BCUT2D eigenvalue weighted by atomic mass is 16.1. The van der Waals surface area contributed by atoms with Crippen molar-refractivity contribution in [1.82, 2.24) is 15.6 Å². The molecule has 0 saturated carbocycles. The third-order valence-electron chi connectivity index (χ3n) is 3.24. The van der Waals surface area contributed by atoms with Crippen molar-refractivity contribution in [1.29, 1.82) is 0 Å². The first kappa shape index (κ1) is 12.0. The van der Waals surface area contributed by atoms with Gasteiger partial charge in [-0.1, -0.05) is 0 Å². The molecule has 1 amide bonds. The first-order valence-corrected chi connectivity index (χ1v) is 6.14. The van der Waals surface area contributed by atoms with E-state index in [4.69, 9.17) is 0 Å². The van der Waals surface area contributed by atoms with E-state index in [-0.39, 0.29) is 11.9 Å². The number of pyridine rings is 1. The maximum Gasteiger partial charge on any atom is 0.251 e. The van der Waals surface area contributed by atoms with Crippen molar-refractivity contribution in [3.8, 4) is 0 Å². The van der Waals surface area contributed by atoms with Crippen molar-refractivity contribution in [3.05, 3.63) is 29.6 Å². The Bertz CT molecular complexity index is 405. The molecule has 17 heavy (non-hydrogen) atoms. The molecule has 2 unspecified atom stereocenters. The fraction of sp³-hybridized carbons (Fsp3) is 0.538. The minimum atomic E-state index is -0.00366. The molecule has 1 aliphatic heterocycles. The lowest BCUT2D eigenvalue weighted by Gasteiger charge is -2.30. The van der Waals surface area contributed by atoms with Crippen molar-refractivity contribution in [2.75, 3.05) is 6.54 Å². The molecule has 0 spiro atoms. The van der Waals surface area contributed by atoms with Crippen LogP contribution in [0.5, 0.6) is 0 Å². The van der Waals surface area contributed by atoms with Gasteiger partial charge in [0.15, 0.2) is 0 Å². The largest absolute Gasteiger partial charge is 0.348 e. The third kappa shape index (κ3) is 3.03. The van der Waals surface area contributed by atoms with Crippen LogP contribution < -0.4 is 10.6 Å². The number of amides is 1. The first-order chi connectivity index (χ1) is 8.16. The van der Waals surface area contributed by atoms with Gasteiger partial charge < -0.3 is 10.6 Å². The highest BCUT2D eigenvalue weighted by Crippen LogP contribution is 2.09. The Balaban J connectivity index is 2.01. The molecule has 0 bridgehead atoms. The lowest BCUT2D eigenvalue weighted by Crippen LogP contribution is -2.51. The number of carbonyl (C=O) groups excluding carboxylic acids is 1. The third-order valence-corrected chi connectivity index (χ3v) is 3.24. The quantitative estimate of drug-likeness (QED) is 0.808. The van der Waals surface area contributed by atoms with Gasteiger partial charge in [0.2, 0.25) is 0 Å². The van der Waals surface area contributed by atoms with Gasteiger partial charge in [-0.05, 0) is 45.4 Å². The standard InChI is InChI=1S/C13H19N3O/c1-9-8-11(5-7-14-9)13(17)16-12-4-3-6-15-10(12)2/h5,7-8,10,12,15H,3-4,6H2,1-2H3,(H,16,17). The number of hydrogen-bond donors (Lipinski definition) is 2. The number of nitrogens with one attached hydrogen (secondary N) is 2. The van der Waals surface area contributed by atoms with Gasteiger partial charge in [-0.2, -0.15) is 0 Å². The van der Waals surface area contributed by atoms with E-state index >= 15 is 0 Å². The number of aromatic nitrogens is 1. The Hall–Kier alpha value is -1.42. The summed E-state index contributed by atoms with van der Waals surface area (Å²) in [6.45, 7) is 5.05. The number of aryl methyl sites for hydroxylation is 1. The van der Waals surface area contributed by atoms with E-state index in [1.54, 1.807) is 12.3 Å². The molecule has 0 radical (unpaired) electrons. The highest BCUT2D eigenvalue weighted by Gasteiger charge is 2.22. The topological polar surface area (TPSA) is 54.0 Å². The van der Waals surface area contributed by atoms with Gasteiger partial charge >= 0.3 is 0 Å². The number of carbonyl (C=O) groups is 1. The fourth-order valence-corrected chi connectivity index (χ4v) is 2.18. The second-order valence-electron chi connectivity index (χ2n) is 4.65. The van der Waals surface area contributed by atoms with E-state index in [1.807, 2.05) is 13.0 Å². The zero-order valence-electron chi connectivity index (χ0n) is 10.4. The van der Waals surface area contributed by atoms with Crippen LogP contribution in [-0.2, 0) is 0 Å². The maximum absolute atomic E-state index is 12.0. The van der Waals surface area contributed by atoms with E-state index in [1.165, 1.54) is 0 Å². The smallest absolute Gasteiger partial charge is 0.251 e. The van der Waals surface area contributed by atoms with Crippen LogP contribution in [0.25, 0.3) is 0 Å². The second kappa shape index (κ2) is 5.27. The predicted octanol–water partition coefficient (Wildman–Crippen LogP) is 1.26. The molecule has 1 aromatic rings. The molecule has 1 aliphatic rings. The van der Waals surface area contributed by atoms with E-state index in [2.05, 4.69) is 22.5 Å². The van der Waals surface area contributed by atoms with Gasteiger partial charge in [-0.25, -0.2) is 0 Å². The summed E-state index contributed by atoms with van der Waals surface area (Å²) >= 11 is 0. The van der Waals surface area contributed by atoms with Crippen LogP contribution in [0.4, 0.5) is 0 Å². The van der Waals surface area contributed by atoms with Crippen LogP contribution in [0.2, 0.25) is 0 Å². The Morgan fingerprint density at radius 1 is 1.59 bits per heavy atom. The molecule has 0 aliphatic carbocycles. The Morgan fingerprint density at radius 2 is 2.41 bits per heavy atom. The summed E-state index contributed by atoms with van der Waals surface area (Å²) in [6, 6.07) is 4.14. The first-order valence-electron chi connectivity index (χ1n) is 6.14. The summed E-state index contributed by atoms with van der Waals surface area (Å²) in [4.78, 5) is 16.1. The van der Waals surface area contributed by atoms with Crippen LogP contribution >= 0.6 is 0 Å². The van der Waals surface area contributed by atoms with Crippen LogP contribution in [-0.4, -0.2) is 29.5 Å². The zero-order valence-corrected chi connectivity index (χ0v) is 10.4. The van der Waals surface area contributed by atoms with Crippen LogP contribution in [0.15, 0.2) is 18.3 Å². The molecule has 0 aromatic carbocycles. The minimum absolute atomic E-state index is 0.00366. The predicted molar refractivity (Wildman–Crippen MR) is 66.9 cm³/mol. The number of piperidine rings is 1. The highest BCUT2D eigenvalue weighted by molar-refractivity contribution is 5.94. The van der Waals surface area contributed by atoms with Gasteiger partial charge in [0.05, 0.1) is 0 Å². The van der Waals surface area contributed by atoms with Crippen molar-refractivity contribution in [2.45, 2.75) is 38.8 Å². The molecular formula is C13H19N3O. The van der Waals surface area contributed by atoms with Crippen molar-refractivity contribution in [2.24, 2.45) is 0 Å². The van der Waals surface area contributed by atoms with E-state index < -0.39 is 0 Å². The van der Waals surface area contributed by atoms with Crippen LogP contribution in [0.1, 0.15) is 35.8 Å². The zero-order chi connectivity index (χ0) is 12.3. The summed E-state index contributed by atoms with van der Waals surface area (Å²) in [5, 5.41) is 6.46. The summed E-state index contributed by atoms with van der Waals surface area (Å²) in [6.07, 6.45) is 3.83. The van der Waals surface area contributed by atoms with Gasteiger partial charge in [0.1, 0.15) is 0 Å². The summed E-state index contributed by atoms with van der Waals surface area (Å²) in [5.41, 5.74) is 1.56. The van der Waals surface area contributed by atoms with Gasteiger partial charge in [0.25, 0.3) is 5.91 Å². The molecule has 1 saturated heterocycles. The minimum Gasteiger partial charge on any atom is -0.348 e. The fourth-order valence-electron chi connectivity index (χ4n) is 2.18. The van der Waals surface area contributed by atoms with E-state index in [9.17, 15) is 4.79 Å². The Morgan fingerprint density at radius 3 is 3.12 bits per heavy atom. The van der Waals surface area contributed by atoms with Crippen LogP contribution in [0, 0.1) is 6.92 Å². The van der Waals surface area contributed by atoms with Crippen molar-refractivity contribution >= 4 is 5.91 Å². The summed E-state index contributed by atoms with van der Waals surface area (Å²) in [5.74, 6) is -0.00366. The monoisotopic (exact) mass is 233 g/mol. The summed E-state index contributed by atoms with van der Waals surface area (Å²) < 4.78 is 0. The Labute approximate surface area is 102 Å².